The molecular formula is C47H82Cl2O2P2RuS. The summed E-state index contributed by atoms with van der Waals surface area (Å²) in [6.07, 6.45) is 47.2. The molecule has 0 radical (unpaired) electrons. The zero-order valence-corrected chi connectivity index (χ0v) is 41.3. The minimum absolute atomic E-state index is 0. The third kappa shape index (κ3) is 20.2. The van der Waals surface area contributed by atoms with Crippen molar-refractivity contribution in [2.24, 2.45) is 0 Å². The van der Waals surface area contributed by atoms with E-state index in [2.05, 4.69) is 39.5 Å². The number of methoxy groups -OCH3 is 2. The predicted octanol–water partition coefficient (Wildman–Crippen LogP) is 9.65. The van der Waals surface area contributed by atoms with Gasteiger partial charge in [0.1, 0.15) is 0 Å². The number of hydrogen-bond donors (Lipinski definition) is 0. The van der Waals surface area contributed by atoms with Crippen LogP contribution in [0.1, 0.15) is 200 Å². The molecule has 0 spiro atoms. The van der Waals surface area contributed by atoms with Crippen molar-refractivity contribution in [3.63, 3.8) is 0 Å². The monoisotopic (exact) mass is 944 g/mol. The number of hydrogen-bond acceptors (Lipinski definition) is 3. The van der Waals surface area contributed by atoms with Gasteiger partial charge in [0.2, 0.25) is 0 Å². The number of benzene rings is 1. The summed E-state index contributed by atoms with van der Waals surface area (Å²) < 4.78 is 11.4. The number of thioether (sulfide) groups is 1. The van der Waals surface area contributed by atoms with Gasteiger partial charge in [-0.2, -0.15) is 0 Å². The summed E-state index contributed by atoms with van der Waals surface area (Å²) in [6.45, 7) is 1.83. The Hall–Kier alpha value is 1.42. The van der Waals surface area contributed by atoms with Crippen LogP contribution in [0, 0.1) is 0 Å². The van der Waals surface area contributed by atoms with Crippen LogP contribution in [0.5, 0.6) is 0 Å². The van der Waals surface area contributed by atoms with Gasteiger partial charge in [0, 0.05) is 14.2 Å². The Bertz CT molecular complexity index is 879. The quantitative estimate of drug-likeness (QED) is 0.101. The number of halogens is 2. The fourth-order valence-corrected chi connectivity index (χ4v) is 21.2. The van der Waals surface area contributed by atoms with Crippen LogP contribution in [0.4, 0.5) is 0 Å². The van der Waals surface area contributed by atoms with E-state index in [-0.39, 0.29) is 31.1 Å². The second kappa shape index (κ2) is 33.1. The van der Waals surface area contributed by atoms with Gasteiger partial charge in [0.15, 0.2) is 6.29 Å². The van der Waals surface area contributed by atoms with Crippen LogP contribution in [0.25, 0.3) is 0 Å². The van der Waals surface area contributed by atoms with Crippen molar-refractivity contribution in [3.8, 4) is 0 Å². The molecule has 7 rings (SSSR count). The van der Waals surface area contributed by atoms with Crippen molar-refractivity contribution in [1.82, 2.24) is 0 Å². The maximum absolute atomic E-state index is 4.68. The molecule has 6 aliphatic carbocycles. The van der Waals surface area contributed by atoms with Crippen molar-refractivity contribution in [2.45, 2.75) is 245 Å². The summed E-state index contributed by atoms with van der Waals surface area (Å²) in [6, 6.07) is 10.3. The molecule has 0 saturated heterocycles. The van der Waals surface area contributed by atoms with Crippen LogP contribution in [-0.4, -0.2) is 58.4 Å². The van der Waals surface area contributed by atoms with Crippen LogP contribution in [0.2, 0.25) is 0 Å². The van der Waals surface area contributed by atoms with Gasteiger partial charge in [-0.3, -0.25) is 0 Å². The second-order valence-electron chi connectivity index (χ2n) is 17.2. The van der Waals surface area contributed by atoms with E-state index in [0.717, 1.165) is 0 Å². The van der Waals surface area contributed by atoms with E-state index in [9.17, 15) is 0 Å². The summed E-state index contributed by atoms with van der Waals surface area (Å²) >= 11 is 4.20. The van der Waals surface area contributed by atoms with E-state index < -0.39 is 0 Å². The predicted molar refractivity (Wildman–Crippen MR) is 237 cm³/mol. The molecule has 0 unspecified atom stereocenters. The second-order valence-corrected chi connectivity index (χ2v) is 25.5. The van der Waals surface area contributed by atoms with Crippen LogP contribution < -0.4 is 24.8 Å². The summed E-state index contributed by atoms with van der Waals surface area (Å²) in [5.74, 6) is 0. The molecule has 6 aliphatic rings. The Morgan fingerprint density at radius 3 is 0.891 bits per heavy atom. The molecular weight excluding hydrogens is 863 g/mol. The first-order chi connectivity index (χ1) is 26.1. The van der Waals surface area contributed by atoms with Gasteiger partial charge in [0.05, 0.1) is 0 Å². The average Bonchev–Trinajstić information content (AvgIpc) is 3.24. The maximum atomic E-state index is 4.68. The molecule has 0 amide bonds. The normalized spacial score (nSPS) is 22.5. The first-order valence-corrected chi connectivity index (χ1v) is 27.8. The zero-order chi connectivity index (χ0) is 37.4. The summed E-state index contributed by atoms with van der Waals surface area (Å²) in [5.41, 5.74) is 7.14. The number of rotatable bonds is 10. The molecule has 55 heavy (non-hydrogen) atoms. The fraction of sp³-hybridized carbons (Fsp3) is 0.851. The van der Waals surface area contributed by atoms with Crippen molar-refractivity contribution in [2.75, 3.05) is 14.2 Å². The summed E-state index contributed by atoms with van der Waals surface area (Å²) in [5, 5.41) is 0. The van der Waals surface area contributed by atoms with Crippen LogP contribution >= 0.6 is 27.6 Å². The first-order valence-electron chi connectivity index (χ1n) is 22.9. The van der Waals surface area contributed by atoms with Crippen molar-refractivity contribution in [1.29, 1.82) is 0 Å². The third-order valence-electron chi connectivity index (χ3n) is 13.6. The van der Waals surface area contributed by atoms with E-state index in [1.807, 2.05) is 29.1 Å². The van der Waals surface area contributed by atoms with Crippen molar-refractivity contribution >= 4 is 31.5 Å². The average molecular weight is 945 g/mol. The number of ether oxygens (including phenoxy) is 2. The van der Waals surface area contributed by atoms with Gasteiger partial charge in [-0.25, -0.2) is 0 Å². The molecule has 6 fully saturated rings. The molecule has 1 aromatic rings. The van der Waals surface area contributed by atoms with Crippen LogP contribution in [0.15, 0.2) is 35.2 Å². The van der Waals surface area contributed by atoms with Crippen molar-refractivity contribution < 1.29 is 52.1 Å². The summed E-state index contributed by atoms with van der Waals surface area (Å²) in [4.78, 5) is 1.29. The van der Waals surface area contributed by atoms with Gasteiger partial charge in [-0.05, 0) is 118 Å². The third-order valence-corrected chi connectivity index (χ3v) is 23.0. The Kier molecular flexibility index (Phi) is 31.6. The molecule has 0 N–H and O–H groups in total. The van der Waals surface area contributed by atoms with E-state index in [1.165, 1.54) is 77.4 Å². The fourth-order valence-electron chi connectivity index (χ4n) is 10.7. The molecule has 0 aliphatic heterocycles. The van der Waals surface area contributed by atoms with Gasteiger partial charge >= 0.3 is 68.8 Å². The molecule has 0 atom stereocenters. The molecule has 0 aromatic heterocycles. The Labute approximate surface area is 370 Å². The standard InChI is InChI=1S/2C18H33P.C7H6S.C4H10O2.2ClH.Ru/c2*1-4-10-16(11-5-1)19(17-12-6-2-7-13-17)18-14-8-3-9-15-18;1-8-7-5-3-2-4-6-7;1-4(5-2)6-3;;;/h2*16-18H,1-15H2;1-6H;4H,1-3H3;2*1H;/q;;;;;;+2/p-2. The Morgan fingerprint density at radius 2 is 0.709 bits per heavy atom. The first kappa shape index (κ1) is 52.6. The summed E-state index contributed by atoms with van der Waals surface area (Å²) in [7, 11) is 3.98. The Balaban J connectivity index is 0.000000273. The van der Waals surface area contributed by atoms with Gasteiger partial charge in [0.25, 0.3) is 0 Å². The van der Waals surface area contributed by atoms with E-state index in [1.54, 1.807) is 180 Å². The molecule has 0 heterocycles. The molecule has 2 nitrogen and oxygen atoms in total. The van der Waals surface area contributed by atoms with Crippen molar-refractivity contribution in [3.05, 3.63) is 30.3 Å². The molecule has 1 aromatic carbocycles. The van der Waals surface area contributed by atoms with E-state index in [0.29, 0.717) is 15.8 Å². The molecule has 8 heteroatoms. The molecule has 6 saturated carbocycles. The zero-order valence-electron chi connectivity index (χ0n) is 35.4. The topological polar surface area (TPSA) is 18.5 Å². The Morgan fingerprint density at radius 1 is 0.473 bits per heavy atom. The van der Waals surface area contributed by atoms with Gasteiger partial charge in [-0.1, -0.05) is 131 Å². The molecule has 320 valence electrons. The molecule has 0 bridgehead atoms. The van der Waals surface area contributed by atoms with E-state index in [4.69, 9.17) is 0 Å². The van der Waals surface area contributed by atoms with Gasteiger partial charge in [-0.15, -0.1) is 0 Å². The van der Waals surface area contributed by atoms with Crippen LogP contribution in [0.3, 0.4) is 0 Å². The van der Waals surface area contributed by atoms with Crippen LogP contribution in [-0.2, 0) is 27.3 Å². The van der Waals surface area contributed by atoms with Gasteiger partial charge < -0.3 is 34.3 Å². The SMILES string of the molecule is C1CCC(P(C2CCCCC2)C2CCCCC2)CC1.C1CCC(P(C2CCCCC2)C2CCCCC2)CC1.COC(C)OC.[Cl-].[Cl-].[Ru+2]=[CH]Sc1ccccc1. The minimum atomic E-state index is -0.0648. The van der Waals surface area contributed by atoms with E-state index >= 15 is 0 Å².